The van der Waals surface area contributed by atoms with E-state index in [1.165, 1.54) is 12.1 Å². The van der Waals surface area contributed by atoms with Gasteiger partial charge >= 0.3 is 0 Å². The largest absolute Gasteiger partial charge is 0.377 e. The molecule has 152 valence electrons. The summed E-state index contributed by atoms with van der Waals surface area (Å²) < 4.78 is 23.1. The van der Waals surface area contributed by atoms with Gasteiger partial charge in [-0.3, -0.25) is 9.69 Å². The van der Waals surface area contributed by atoms with Crippen LogP contribution < -0.4 is 5.32 Å². The van der Waals surface area contributed by atoms with Crippen molar-refractivity contribution < 1.29 is 18.4 Å². The van der Waals surface area contributed by atoms with Gasteiger partial charge in [-0.15, -0.1) is 0 Å². The number of piperidine rings is 1. The number of methoxy groups -OCH3 is 1. The third kappa shape index (κ3) is 6.38. The summed E-state index contributed by atoms with van der Waals surface area (Å²) in [6.45, 7) is 3.59. The van der Waals surface area contributed by atoms with Crippen LogP contribution in [-0.2, 0) is 29.1 Å². The molecule has 2 heterocycles. The number of aromatic nitrogens is 2. The van der Waals surface area contributed by atoms with Crippen molar-refractivity contribution in [3.8, 4) is 0 Å². The van der Waals surface area contributed by atoms with Gasteiger partial charge in [-0.05, 0) is 56.0 Å². The molecule has 0 saturated carbocycles. The van der Waals surface area contributed by atoms with Crippen LogP contribution >= 0.6 is 0 Å². The van der Waals surface area contributed by atoms with E-state index in [0.717, 1.165) is 31.5 Å². The number of benzene rings is 1. The number of nitrogens with one attached hydrogen (secondary N) is 1. The highest BCUT2D eigenvalue weighted by Gasteiger charge is 2.21. The first kappa shape index (κ1) is 20.4. The second-order valence-corrected chi connectivity index (χ2v) is 7.19. The van der Waals surface area contributed by atoms with Crippen LogP contribution in [0.15, 0.2) is 28.8 Å². The zero-order valence-electron chi connectivity index (χ0n) is 16.2. The number of ether oxygens (including phenoxy) is 1. The molecule has 2 aromatic rings. The first-order valence-electron chi connectivity index (χ1n) is 9.66. The van der Waals surface area contributed by atoms with Crippen LogP contribution in [0.2, 0.25) is 0 Å². The van der Waals surface area contributed by atoms with Gasteiger partial charge in [-0.1, -0.05) is 17.3 Å². The Hall–Kier alpha value is -2.32. The van der Waals surface area contributed by atoms with E-state index < -0.39 is 0 Å². The molecule has 1 fully saturated rings. The predicted octanol–water partition coefficient (Wildman–Crippen LogP) is 2.32. The zero-order chi connectivity index (χ0) is 19.8. The van der Waals surface area contributed by atoms with E-state index in [0.29, 0.717) is 50.2 Å². The third-order valence-corrected chi connectivity index (χ3v) is 4.99. The Morgan fingerprint density at radius 2 is 2.07 bits per heavy atom. The molecule has 3 rings (SSSR count). The number of halogens is 1. The molecule has 1 amide bonds. The van der Waals surface area contributed by atoms with Gasteiger partial charge in [0.25, 0.3) is 0 Å². The fourth-order valence-electron chi connectivity index (χ4n) is 3.34. The van der Waals surface area contributed by atoms with Gasteiger partial charge in [0.2, 0.25) is 11.8 Å². The number of carbonyl (C=O) groups excluding carboxylic acids is 1. The second-order valence-electron chi connectivity index (χ2n) is 7.19. The Morgan fingerprint density at radius 3 is 2.79 bits per heavy atom. The number of amides is 1. The van der Waals surface area contributed by atoms with E-state index in [9.17, 15) is 9.18 Å². The van der Waals surface area contributed by atoms with Crippen molar-refractivity contribution >= 4 is 5.91 Å². The summed E-state index contributed by atoms with van der Waals surface area (Å²) in [5.74, 6) is 1.45. The van der Waals surface area contributed by atoms with Crippen LogP contribution in [0, 0.1) is 11.7 Å². The maximum atomic E-state index is 12.9. The monoisotopic (exact) mass is 390 g/mol. The molecular formula is C20H27FN4O3. The lowest BCUT2D eigenvalue weighted by Gasteiger charge is -2.30. The van der Waals surface area contributed by atoms with Crippen molar-refractivity contribution in [3.05, 3.63) is 47.4 Å². The predicted molar refractivity (Wildman–Crippen MR) is 101 cm³/mol. The molecule has 0 atom stereocenters. The molecule has 1 aromatic heterocycles. The summed E-state index contributed by atoms with van der Waals surface area (Å²) in [7, 11) is 1.60. The minimum absolute atomic E-state index is 0.0447. The van der Waals surface area contributed by atoms with E-state index >= 15 is 0 Å². The molecule has 0 unspecified atom stereocenters. The van der Waals surface area contributed by atoms with E-state index in [1.54, 1.807) is 19.2 Å². The molecule has 7 nitrogen and oxygen atoms in total. The fraction of sp³-hybridized carbons (Fsp3) is 0.550. The minimum Gasteiger partial charge on any atom is -0.377 e. The lowest BCUT2D eigenvalue weighted by Crippen LogP contribution is -2.38. The summed E-state index contributed by atoms with van der Waals surface area (Å²) in [5, 5.41) is 6.90. The van der Waals surface area contributed by atoms with Crippen LogP contribution in [0.1, 0.15) is 36.5 Å². The number of hydrogen-bond acceptors (Lipinski definition) is 6. The number of carbonyl (C=O) groups is 1. The van der Waals surface area contributed by atoms with Gasteiger partial charge < -0.3 is 14.6 Å². The molecule has 28 heavy (non-hydrogen) atoms. The van der Waals surface area contributed by atoms with Gasteiger partial charge in [0.05, 0.1) is 6.54 Å². The fourth-order valence-corrected chi connectivity index (χ4v) is 3.34. The van der Waals surface area contributed by atoms with Crippen LogP contribution in [0.25, 0.3) is 0 Å². The summed E-state index contributed by atoms with van der Waals surface area (Å²) >= 11 is 0. The van der Waals surface area contributed by atoms with Crippen LogP contribution in [0.3, 0.4) is 0 Å². The van der Waals surface area contributed by atoms with Crippen molar-refractivity contribution in [2.24, 2.45) is 5.92 Å². The van der Waals surface area contributed by atoms with Gasteiger partial charge in [-0.2, -0.15) is 4.98 Å². The Balaban J connectivity index is 1.31. The summed E-state index contributed by atoms with van der Waals surface area (Å²) in [6.07, 6.45) is 3.10. The first-order chi connectivity index (χ1) is 13.6. The van der Waals surface area contributed by atoms with Gasteiger partial charge in [0.1, 0.15) is 12.4 Å². The minimum atomic E-state index is -0.256. The van der Waals surface area contributed by atoms with Crippen LogP contribution in [-0.4, -0.2) is 47.7 Å². The molecule has 0 bridgehead atoms. The first-order valence-corrected chi connectivity index (χ1v) is 9.66. The molecule has 8 heteroatoms. The highest BCUT2D eigenvalue weighted by molar-refractivity contribution is 5.76. The molecular weight excluding hydrogens is 363 g/mol. The normalized spacial score (nSPS) is 15.6. The number of rotatable bonds is 9. The smallest absolute Gasteiger partial charge is 0.240 e. The number of nitrogens with zero attached hydrogens (tertiary/aromatic N) is 3. The SMILES string of the molecule is COCc1noc(CN2CCC(CNC(=O)CCc3ccc(F)cc3)CC2)n1. The maximum Gasteiger partial charge on any atom is 0.240 e. The maximum absolute atomic E-state index is 12.9. The van der Waals surface area contributed by atoms with Gasteiger partial charge in [0, 0.05) is 20.1 Å². The summed E-state index contributed by atoms with van der Waals surface area (Å²) in [6, 6.07) is 6.29. The average Bonchev–Trinajstić information content (AvgIpc) is 3.14. The molecule has 0 radical (unpaired) electrons. The second kappa shape index (κ2) is 10.3. The van der Waals surface area contributed by atoms with E-state index in [1.807, 2.05) is 0 Å². The standard InChI is InChI=1S/C20H27FN4O3/c1-27-14-18-23-20(28-24-18)13-25-10-8-16(9-11-25)12-22-19(26)7-4-15-2-5-17(21)6-3-15/h2-3,5-6,16H,4,7-14H2,1H3,(H,22,26). The number of aryl methyl sites for hydroxylation is 1. The Labute approximate surface area is 164 Å². The van der Waals surface area contributed by atoms with Crippen molar-refractivity contribution in [2.75, 3.05) is 26.7 Å². The quantitative estimate of drug-likeness (QED) is 0.708. The van der Waals surface area contributed by atoms with Gasteiger partial charge in [0.15, 0.2) is 5.82 Å². The highest BCUT2D eigenvalue weighted by Crippen LogP contribution is 2.18. The Kier molecular flexibility index (Phi) is 7.50. The Morgan fingerprint density at radius 1 is 1.32 bits per heavy atom. The van der Waals surface area contributed by atoms with Crippen molar-refractivity contribution in [2.45, 2.75) is 38.8 Å². The molecule has 0 spiro atoms. The molecule has 1 aliphatic heterocycles. The van der Waals surface area contributed by atoms with Crippen molar-refractivity contribution in [3.63, 3.8) is 0 Å². The highest BCUT2D eigenvalue weighted by atomic mass is 19.1. The number of hydrogen-bond donors (Lipinski definition) is 1. The number of likely N-dealkylation sites (tertiary alicyclic amines) is 1. The van der Waals surface area contributed by atoms with E-state index in [4.69, 9.17) is 9.26 Å². The average molecular weight is 390 g/mol. The zero-order valence-corrected chi connectivity index (χ0v) is 16.2. The Bertz CT molecular complexity index is 742. The van der Waals surface area contributed by atoms with Crippen molar-refractivity contribution in [1.29, 1.82) is 0 Å². The molecule has 1 N–H and O–H groups in total. The molecule has 1 aromatic carbocycles. The van der Waals surface area contributed by atoms with Crippen molar-refractivity contribution in [1.82, 2.24) is 20.4 Å². The van der Waals surface area contributed by atoms with E-state index in [-0.39, 0.29) is 11.7 Å². The topological polar surface area (TPSA) is 80.5 Å². The van der Waals surface area contributed by atoms with Gasteiger partial charge in [-0.25, -0.2) is 4.39 Å². The third-order valence-electron chi connectivity index (χ3n) is 4.99. The molecule has 0 aliphatic carbocycles. The lowest BCUT2D eigenvalue weighted by atomic mass is 9.96. The molecule has 1 saturated heterocycles. The van der Waals surface area contributed by atoms with E-state index in [2.05, 4.69) is 20.4 Å². The summed E-state index contributed by atoms with van der Waals surface area (Å²) in [4.78, 5) is 18.6. The molecule has 1 aliphatic rings. The van der Waals surface area contributed by atoms with Crippen LogP contribution in [0.4, 0.5) is 4.39 Å². The summed E-state index contributed by atoms with van der Waals surface area (Å²) in [5.41, 5.74) is 0.972. The lowest BCUT2D eigenvalue weighted by molar-refractivity contribution is -0.121. The van der Waals surface area contributed by atoms with Crippen LogP contribution in [0.5, 0.6) is 0 Å².